The van der Waals surface area contributed by atoms with Gasteiger partial charge in [-0.1, -0.05) is 13.3 Å². The first-order valence-corrected chi connectivity index (χ1v) is 5.76. The highest BCUT2D eigenvalue weighted by molar-refractivity contribution is 4.81. The fraction of sp³-hybridized carbons (Fsp3) is 1.00. The Kier molecular flexibility index (Phi) is 4.85. The summed E-state index contributed by atoms with van der Waals surface area (Å²) in [5.41, 5.74) is 6.07. The van der Waals surface area contributed by atoms with Crippen LogP contribution in [0.15, 0.2) is 0 Å². The van der Waals surface area contributed by atoms with Gasteiger partial charge in [-0.25, -0.2) is 0 Å². The third-order valence-corrected chi connectivity index (χ3v) is 2.95. The van der Waals surface area contributed by atoms with Crippen molar-refractivity contribution in [1.29, 1.82) is 0 Å². The van der Waals surface area contributed by atoms with Crippen molar-refractivity contribution in [2.24, 2.45) is 5.73 Å². The minimum absolute atomic E-state index is 0.210. The van der Waals surface area contributed by atoms with Crippen LogP contribution in [-0.4, -0.2) is 42.8 Å². The Morgan fingerprint density at radius 1 is 1.50 bits per heavy atom. The van der Waals surface area contributed by atoms with Gasteiger partial charge in [-0.05, 0) is 20.3 Å². The molecule has 0 bridgehead atoms. The molecular weight excluding hydrogens is 176 g/mol. The van der Waals surface area contributed by atoms with Crippen LogP contribution in [-0.2, 0) is 4.74 Å². The predicted molar refractivity (Wildman–Crippen MR) is 59.3 cm³/mol. The second-order valence-corrected chi connectivity index (χ2v) is 4.45. The second kappa shape index (κ2) is 5.69. The Bertz CT molecular complexity index is 161. The molecule has 3 heteroatoms. The molecule has 0 aromatic rings. The van der Waals surface area contributed by atoms with Gasteiger partial charge in [0, 0.05) is 25.2 Å². The third kappa shape index (κ3) is 3.23. The molecule has 14 heavy (non-hydrogen) atoms. The van der Waals surface area contributed by atoms with E-state index >= 15 is 0 Å². The summed E-state index contributed by atoms with van der Waals surface area (Å²) in [7, 11) is 0. The van der Waals surface area contributed by atoms with Crippen LogP contribution in [0.4, 0.5) is 0 Å². The normalized spacial score (nSPS) is 26.8. The summed E-state index contributed by atoms with van der Waals surface area (Å²) in [6.07, 6.45) is 2.45. The number of nitrogens with zero attached hydrogens (tertiary/aromatic N) is 1. The van der Waals surface area contributed by atoms with Crippen molar-refractivity contribution in [2.45, 2.75) is 51.8 Å². The van der Waals surface area contributed by atoms with E-state index in [1.54, 1.807) is 0 Å². The smallest absolute Gasteiger partial charge is 0.0853 e. The van der Waals surface area contributed by atoms with Gasteiger partial charge in [0.2, 0.25) is 0 Å². The summed E-state index contributed by atoms with van der Waals surface area (Å²) in [6, 6.07) is 0.816. The molecule has 1 aliphatic rings. The van der Waals surface area contributed by atoms with Gasteiger partial charge in [-0.3, -0.25) is 4.90 Å². The highest BCUT2D eigenvalue weighted by atomic mass is 16.5. The second-order valence-electron chi connectivity index (χ2n) is 4.45. The van der Waals surface area contributed by atoms with E-state index in [0.29, 0.717) is 6.04 Å². The van der Waals surface area contributed by atoms with Crippen molar-refractivity contribution >= 4 is 0 Å². The summed E-state index contributed by atoms with van der Waals surface area (Å²) in [4.78, 5) is 2.45. The molecule has 2 N–H and O–H groups in total. The van der Waals surface area contributed by atoms with Crippen LogP contribution in [0.3, 0.4) is 0 Å². The largest absolute Gasteiger partial charge is 0.374 e. The quantitative estimate of drug-likeness (QED) is 0.741. The van der Waals surface area contributed by atoms with E-state index in [1.165, 1.54) is 0 Å². The van der Waals surface area contributed by atoms with E-state index < -0.39 is 0 Å². The van der Waals surface area contributed by atoms with Crippen molar-refractivity contribution in [2.75, 3.05) is 19.7 Å². The number of nitrogens with two attached hydrogens (primary N) is 1. The van der Waals surface area contributed by atoms with Crippen LogP contribution in [0.5, 0.6) is 0 Å². The van der Waals surface area contributed by atoms with Gasteiger partial charge in [0.1, 0.15) is 0 Å². The number of morpholine rings is 1. The van der Waals surface area contributed by atoms with E-state index in [-0.39, 0.29) is 12.1 Å². The average Bonchev–Trinajstić information content (AvgIpc) is 2.18. The van der Waals surface area contributed by atoms with Crippen molar-refractivity contribution < 1.29 is 4.74 Å². The Morgan fingerprint density at radius 2 is 2.21 bits per heavy atom. The minimum Gasteiger partial charge on any atom is -0.374 e. The molecule has 0 aliphatic carbocycles. The molecule has 0 spiro atoms. The van der Waals surface area contributed by atoms with Gasteiger partial charge in [0.15, 0.2) is 0 Å². The summed E-state index contributed by atoms with van der Waals surface area (Å²) in [6.45, 7) is 9.51. The highest BCUT2D eigenvalue weighted by Crippen LogP contribution is 2.13. The molecular formula is C11H24N2O. The molecule has 1 unspecified atom stereocenters. The molecule has 0 amide bonds. The first-order chi connectivity index (χ1) is 6.65. The molecule has 1 aliphatic heterocycles. The molecule has 0 aromatic carbocycles. The van der Waals surface area contributed by atoms with Gasteiger partial charge in [-0.2, -0.15) is 0 Å². The Hall–Kier alpha value is -0.120. The number of hydrogen-bond acceptors (Lipinski definition) is 3. The topological polar surface area (TPSA) is 38.5 Å². The molecule has 3 nitrogen and oxygen atoms in total. The van der Waals surface area contributed by atoms with Crippen LogP contribution in [0, 0.1) is 0 Å². The minimum atomic E-state index is 0.210. The molecule has 0 saturated carbocycles. The zero-order valence-electron chi connectivity index (χ0n) is 9.70. The molecule has 1 rings (SSSR count). The van der Waals surface area contributed by atoms with Gasteiger partial charge in [-0.15, -0.1) is 0 Å². The first-order valence-electron chi connectivity index (χ1n) is 5.76. The zero-order chi connectivity index (χ0) is 10.6. The molecule has 1 fully saturated rings. The fourth-order valence-electron chi connectivity index (χ4n) is 1.94. The van der Waals surface area contributed by atoms with Crippen LogP contribution in [0.1, 0.15) is 33.6 Å². The average molecular weight is 200 g/mol. The summed E-state index contributed by atoms with van der Waals surface area (Å²) >= 11 is 0. The van der Waals surface area contributed by atoms with E-state index in [9.17, 15) is 0 Å². The van der Waals surface area contributed by atoms with Crippen LogP contribution < -0.4 is 5.73 Å². The lowest BCUT2D eigenvalue weighted by Gasteiger charge is -2.37. The molecule has 1 heterocycles. The predicted octanol–water partition coefficient (Wildman–Crippen LogP) is 1.22. The highest BCUT2D eigenvalue weighted by Gasteiger charge is 2.26. The van der Waals surface area contributed by atoms with E-state index in [2.05, 4.69) is 25.7 Å². The standard InChI is InChI=1S/C11H24N2O/c1-4-5-10(12)11-8-13(9(2)3)6-7-14-11/h9-11H,4-8,12H2,1-3H3/t10-,11?/m1/s1. The van der Waals surface area contributed by atoms with Crippen molar-refractivity contribution in [1.82, 2.24) is 4.90 Å². The van der Waals surface area contributed by atoms with E-state index in [0.717, 1.165) is 32.5 Å². The Balaban J connectivity index is 2.39. The van der Waals surface area contributed by atoms with Crippen molar-refractivity contribution in [3.05, 3.63) is 0 Å². The number of rotatable bonds is 4. The molecule has 0 aromatic heterocycles. The molecule has 84 valence electrons. The van der Waals surface area contributed by atoms with Crippen LogP contribution in [0.25, 0.3) is 0 Å². The molecule has 0 radical (unpaired) electrons. The SMILES string of the molecule is CCC[C@@H](N)C1CN(C(C)C)CCO1. The number of hydrogen-bond donors (Lipinski definition) is 1. The molecule has 2 atom stereocenters. The van der Waals surface area contributed by atoms with Gasteiger partial charge in [0.25, 0.3) is 0 Å². The summed E-state index contributed by atoms with van der Waals surface area (Å²) < 4.78 is 5.71. The summed E-state index contributed by atoms with van der Waals surface area (Å²) in [5, 5.41) is 0. The van der Waals surface area contributed by atoms with E-state index in [1.807, 2.05) is 0 Å². The lowest BCUT2D eigenvalue weighted by Crippen LogP contribution is -2.52. The van der Waals surface area contributed by atoms with Gasteiger partial charge < -0.3 is 10.5 Å². The van der Waals surface area contributed by atoms with Gasteiger partial charge in [0.05, 0.1) is 12.7 Å². The number of ether oxygens (including phenoxy) is 1. The first kappa shape index (κ1) is 12.0. The fourth-order valence-corrected chi connectivity index (χ4v) is 1.94. The lowest BCUT2D eigenvalue weighted by molar-refractivity contribution is -0.0507. The van der Waals surface area contributed by atoms with Gasteiger partial charge >= 0.3 is 0 Å². The third-order valence-electron chi connectivity index (χ3n) is 2.95. The maximum Gasteiger partial charge on any atom is 0.0853 e. The Morgan fingerprint density at radius 3 is 2.79 bits per heavy atom. The Labute approximate surface area is 87.6 Å². The molecule has 1 saturated heterocycles. The monoisotopic (exact) mass is 200 g/mol. The van der Waals surface area contributed by atoms with Crippen LogP contribution >= 0.6 is 0 Å². The van der Waals surface area contributed by atoms with Crippen LogP contribution in [0.2, 0.25) is 0 Å². The zero-order valence-corrected chi connectivity index (χ0v) is 9.70. The van der Waals surface area contributed by atoms with Crippen molar-refractivity contribution in [3.63, 3.8) is 0 Å². The lowest BCUT2D eigenvalue weighted by atomic mass is 10.0. The maximum absolute atomic E-state index is 6.07. The summed E-state index contributed by atoms with van der Waals surface area (Å²) in [5.74, 6) is 0. The maximum atomic E-state index is 6.07. The van der Waals surface area contributed by atoms with Crippen molar-refractivity contribution in [3.8, 4) is 0 Å². The van der Waals surface area contributed by atoms with E-state index in [4.69, 9.17) is 10.5 Å².